The highest BCUT2D eigenvalue weighted by molar-refractivity contribution is 5.38. The van der Waals surface area contributed by atoms with E-state index < -0.39 is 0 Å². The maximum atomic E-state index is 8.61. The standard InChI is InChI=1S/C17H16O2/c18-13-4-7-16-8-10-17(11-9-16)19-14-12-15-5-2-1-3-6-15/h1-3,5-6,8-11,18H,12-14H2. The molecule has 0 amide bonds. The van der Waals surface area contributed by atoms with Gasteiger partial charge in [-0.1, -0.05) is 42.2 Å². The van der Waals surface area contributed by atoms with E-state index in [-0.39, 0.29) is 6.61 Å². The molecule has 0 aliphatic rings. The maximum absolute atomic E-state index is 8.61. The van der Waals surface area contributed by atoms with Crippen LogP contribution < -0.4 is 4.74 Å². The first-order chi connectivity index (χ1) is 9.38. The monoisotopic (exact) mass is 252 g/mol. The Morgan fingerprint density at radius 2 is 1.68 bits per heavy atom. The van der Waals surface area contributed by atoms with Gasteiger partial charge in [0.25, 0.3) is 0 Å². The van der Waals surface area contributed by atoms with Crippen LogP contribution >= 0.6 is 0 Å². The zero-order valence-corrected chi connectivity index (χ0v) is 10.7. The number of hydrogen-bond donors (Lipinski definition) is 1. The minimum Gasteiger partial charge on any atom is -0.493 e. The number of hydrogen-bond acceptors (Lipinski definition) is 2. The van der Waals surface area contributed by atoms with Crippen molar-refractivity contribution in [2.24, 2.45) is 0 Å². The molecule has 0 heterocycles. The van der Waals surface area contributed by atoms with Gasteiger partial charge in [0.05, 0.1) is 6.61 Å². The molecule has 0 saturated heterocycles. The summed E-state index contributed by atoms with van der Waals surface area (Å²) in [5.41, 5.74) is 2.15. The minimum absolute atomic E-state index is 0.116. The lowest BCUT2D eigenvalue weighted by molar-refractivity contribution is 0.322. The van der Waals surface area contributed by atoms with Crippen LogP contribution in [0.25, 0.3) is 0 Å². The van der Waals surface area contributed by atoms with Crippen molar-refractivity contribution < 1.29 is 9.84 Å². The number of aliphatic hydroxyl groups excluding tert-OH is 1. The quantitative estimate of drug-likeness (QED) is 0.848. The van der Waals surface area contributed by atoms with Gasteiger partial charge >= 0.3 is 0 Å². The third kappa shape index (κ3) is 4.50. The summed E-state index contributed by atoms with van der Waals surface area (Å²) in [5.74, 6) is 6.30. The van der Waals surface area contributed by atoms with E-state index >= 15 is 0 Å². The first-order valence-corrected chi connectivity index (χ1v) is 6.25. The molecular formula is C17H16O2. The first kappa shape index (κ1) is 13.2. The molecule has 0 radical (unpaired) electrons. The Balaban J connectivity index is 1.83. The highest BCUT2D eigenvalue weighted by atomic mass is 16.5. The van der Waals surface area contributed by atoms with Crippen molar-refractivity contribution in [3.05, 3.63) is 65.7 Å². The highest BCUT2D eigenvalue weighted by Crippen LogP contribution is 2.12. The minimum atomic E-state index is -0.116. The second kappa shape index (κ2) is 7.25. The number of benzene rings is 2. The third-order valence-electron chi connectivity index (χ3n) is 2.67. The predicted molar refractivity (Wildman–Crippen MR) is 76.0 cm³/mol. The Morgan fingerprint density at radius 1 is 0.947 bits per heavy atom. The summed E-state index contributed by atoms with van der Waals surface area (Å²) in [6, 6.07) is 17.8. The Labute approximate surface area is 113 Å². The van der Waals surface area contributed by atoms with Gasteiger partial charge in [-0.2, -0.15) is 0 Å². The second-order valence-electron chi connectivity index (χ2n) is 4.07. The average molecular weight is 252 g/mol. The van der Waals surface area contributed by atoms with Gasteiger partial charge in [-0.3, -0.25) is 0 Å². The summed E-state index contributed by atoms with van der Waals surface area (Å²) in [7, 11) is 0. The summed E-state index contributed by atoms with van der Waals surface area (Å²) >= 11 is 0. The molecule has 0 spiro atoms. The number of rotatable bonds is 4. The Bertz CT molecular complexity index is 547. The van der Waals surface area contributed by atoms with E-state index in [0.29, 0.717) is 6.61 Å². The highest BCUT2D eigenvalue weighted by Gasteiger charge is 1.95. The zero-order valence-electron chi connectivity index (χ0n) is 10.7. The first-order valence-electron chi connectivity index (χ1n) is 6.25. The van der Waals surface area contributed by atoms with Crippen molar-refractivity contribution in [2.75, 3.05) is 13.2 Å². The molecule has 0 saturated carbocycles. The van der Waals surface area contributed by atoms with E-state index in [1.165, 1.54) is 5.56 Å². The summed E-state index contributed by atoms with van der Waals surface area (Å²) in [6.07, 6.45) is 0.896. The number of ether oxygens (including phenoxy) is 1. The lowest BCUT2D eigenvalue weighted by Gasteiger charge is -2.06. The van der Waals surface area contributed by atoms with Gasteiger partial charge in [0.1, 0.15) is 12.4 Å². The molecule has 0 aliphatic carbocycles. The lowest BCUT2D eigenvalue weighted by atomic mass is 10.2. The summed E-state index contributed by atoms with van der Waals surface area (Å²) in [6.45, 7) is 0.543. The van der Waals surface area contributed by atoms with Crippen LogP contribution in [0.3, 0.4) is 0 Å². The molecule has 0 unspecified atom stereocenters. The van der Waals surface area contributed by atoms with Crippen LogP contribution in [-0.4, -0.2) is 18.3 Å². The Hall–Kier alpha value is -2.24. The van der Waals surface area contributed by atoms with Crippen molar-refractivity contribution >= 4 is 0 Å². The molecule has 2 aromatic rings. The van der Waals surface area contributed by atoms with Crippen LogP contribution in [0.4, 0.5) is 0 Å². The molecule has 2 heteroatoms. The van der Waals surface area contributed by atoms with Crippen molar-refractivity contribution in [1.29, 1.82) is 0 Å². The molecule has 0 bridgehead atoms. The largest absolute Gasteiger partial charge is 0.493 e. The van der Waals surface area contributed by atoms with Crippen LogP contribution in [0.15, 0.2) is 54.6 Å². The number of aliphatic hydroxyl groups is 1. The third-order valence-corrected chi connectivity index (χ3v) is 2.67. The fourth-order valence-corrected chi connectivity index (χ4v) is 1.71. The van der Waals surface area contributed by atoms with Crippen molar-refractivity contribution in [3.8, 4) is 17.6 Å². The molecule has 96 valence electrons. The fourth-order valence-electron chi connectivity index (χ4n) is 1.71. The zero-order chi connectivity index (χ0) is 13.3. The van der Waals surface area contributed by atoms with Gasteiger partial charge in [0.15, 0.2) is 0 Å². The summed E-state index contributed by atoms with van der Waals surface area (Å²) in [5, 5.41) is 8.61. The van der Waals surface area contributed by atoms with Crippen LogP contribution in [0, 0.1) is 11.8 Å². The molecule has 0 aliphatic heterocycles. The second-order valence-corrected chi connectivity index (χ2v) is 4.07. The predicted octanol–water partition coefficient (Wildman–Crippen LogP) is 2.65. The molecule has 1 N–H and O–H groups in total. The molecule has 0 fully saturated rings. The van der Waals surface area contributed by atoms with Gasteiger partial charge < -0.3 is 9.84 Å². The topological polar surface area (TPSA) is 29.5 Å². The van der Waals surface area contributed by atoms with E-state index in [4.69, 9.17) is 9.84 Å². The maximum Gasteiger partial charge on any atom is 0.119 e. The van der Waals surface area contributed by atoms with E-state index in [1.54, 1.807) is 0 Å². The fraction of sp³-hybridized carbons (Fsp3) is 0.176. The molecule has 2 nitrogen and oxygen atoms in total. The average Bonchev–Trinajstić information content (AvgIpc) is 2.47. The molecule has 2 rings (SSSR count). The van der Waals surface area contributed by atoms with Crippen molar-refractivity contribution in [1.82, 2.24) is 0 Å². The van der Waals surface area contributed by atoms with Crippen LogP contribution in [0.1, 0.15) is 11.1 Å². The Morgan fingerprint density at radius 3 is 2.37 bits per heavy atom. The van der Waals surface area contributed by atoms with Gasteiger partial charge in [0, 0.05) is 12.0 Å². The molecular weight excluding hydrogens is 236 g/mol. The van der Waals surface area contributed by atoms with Crippen LogP contribution in [0.2, 0.25) is 0 Å². The van der Waals surface area contributed by atoms with Gasteiger partial charge in [-0.05, 0) is 29.8 Å². The van der Waals surface area contributed by atoms with Gasteiger partial charge in [0.2, 0.25) is 0 Å². The molecule has 0 aromatic heterocycles. The molecule has 2 aromatic carbocycles. The van der Waals surface area contributed by atoms with E-state index in [9.17, 15) is 0 Å². The summed E-state index contributed by atoms with van der Waals surface area (Å²) in [4.78, 5) is 0. The van der Waals surface area contributed by atoms with Gasteiger partial charge in [-0.25, -0.2) is 0 Å². The molecule has 19 heavy (non-hydrogen) atoms. The van der Waals surface area contributed by atoms with Crippen LogP contribution in [-0.2, 0) is 6.42 Å². The van der Waals surface area contributed by atoms with Gasteiger partial charge in [-0.15, -0.1) is 0 Å². The van der Waals surface area contributed by atoms with E-state index in [2.05, 4.69) is 24.0 Å². The molecule has 0 atom stereocenters. The smallest absolute Gasteiger partial charge is 0.119 e. The van der Waals surface area contributed by atoms with E-state index in [1.807, 2.05) is 42.5 Å². The van der Waals surface area contributed by atoms with Crippen molar-refractivity contribution in [2.45, 2.75) is 6.42 Å². The van der Waals surface area contributed by atoms with E-state index in [0.717, 1.165) is 17.7 Å². The Kier molecular flexibility index (Phi) is 5.04. The normalized spacial score (nSPS) is 9.53. The van der Waals surface area contributed by atoms with Crippen LogP contribution in [0.5, 0.6) is 5.75 Å². The summed E-state index contributed by atoms with van der Waals surface area (Å²) < 4.78 is 5.67. The van der Waals surface area contributed by atoms with Crippen molar-refractivity contribution in [3.63, 3.8) is 0 Å². The lowest BCUT2D eigenvalue weighted by Crippen LogP contribution is -2.01. The SMILES string of the molecule is OCC#Cc1ccc(OCCc2ccccc2)cc1.